The highest BCUT2D eigenvalue weighted by Gasteiger charge is 2.58. The second kappa shape index (κ2) is 25.0. The van der Waals surface area contributed by atoms with Gasteiger partial charge in [-0.3, -0.25) is 9.59 Å². The van der Waals surface area contributed by atoms with E-state index in [1.807, 2.05) is 0 Å². The molecular formula is C37H62N2O29. The molecule has 4 rings (SSSR count). The van der Waals surface area contributed by atoms with E-state index in [9.17, 15) is 106 Å². The maximum Gasteiger partial charge on any atom is 0.364 e. The van der Waals surface area contributed by atoms with Gasteiger partial charge in [-0.25, -0.2) is 4.79 Å². The highest BCUT2D eigenvalue weighted by Crippen LogP contribution is 2.37. The average molecular weight is 999 g/mol. The van der Waals surface area contributed by atoms with Crippen LogP contribution in [0.5, 0.6) is 0 Å². The van der Waals surface area contributed by atoms with E-state index < -0.39 is 210 Å². The van der Waals surface area contributed by atoms with Crippen molar-refractivity contribution in [3.8, 4) is 0 Å². The van der Waals surface area contributed by atoms with Gasteiger partial charge in [0.15, 0.2) is 25.2 Å². The minimum atomic E-state index is -2.97. The molecule has 0 saturated carbocycles. The van der Waals surface area contributed by atoms with Crippen LogP contribution in [0.25, 0.3) is 0 Å². The number of carboxylic acids is 1. The van der Waals surface area contributed by atoms with E-state index >= 15 is 0 Å². The summed E-state index contributed by atoms with van der Waals surface area (Å²) in [7, 11) is 0. The van der Waals surface area contributed by atoms with Crippen molar-refractivity contribution in [3.63, 3.8) is 0 Å². The quantitative estimate of drug-likeness (QED) is 0.0448. The number of aliphatic hydroxyl groups is 16. The predicted molar refractivity (Wildman–Crippen MR) is 208 cm³/mol. The Balaban J connectivity index is 1.58. The summed E-state index contributed by atoms with van der Waals surface area (Å²) < 4.78 is 44.8. The number of hydrogen-bond acceptors (Lipinski definition) is 28. The average Bonchev–Trinajstić information content (AvgIpc) is 3.30. The molecule has 31 nitrogen and oxygen atoms in total. The number of carboxylic acid groups (broad SMARTS) is 1. The van der Waals surface area contributed by atoms with Gasteiger partial charge in [-0.1, -0.05) is 0 Å². The summed E-state index contributed by atoms with van der Waals surface area (Å²) in [5.74, 6) is -6.61. The minimum absolute atomic E-state index is 0.140. The molecule has 4 heterocycles. The lowest BCUT2D eigenvalue weighted by Gasteiger charge is -2.49. The van der Waals surface area contributed by atoms with Gasteiger partial charge in [-0.05, 0) is 0 Å². The summed E-state index contributed by atoms with van der Waals surface area (Å²) in [5.41, 5.74) is 0. The third-order valence-corrected chi connectivity index (χ3v) is 11.6. The van der Waals surface area contributed by atoms with Crippen LogP contribution in [0.2, 0.25) is 0 Å². The monoisotopic (exact) mass is 998 g/mol. The van der Waals surface area contributed by atoms with E-state index in [-0.39, 0.29) is 6.29 Å². The van der Waals surface area contributed by atoms with Gasteiger partial charge in [0.2, 0.25) is 11.8 Å². The van der Waals surface area contributed by atoms with Crippen LogP contribution in [0.3, 0.4) is 0 Å². The van der Waals surface area contributed by atoms with Gasteiger partial charge in [0.05, 0.1) is 45.2 Å². The molecule has 4 fully saturated rings. The molecule has 0 aliphatic carbocycles. The molecule has 25 atom stereocenters. The normalized spacial score (nSPS) is 41.6. The first-order valence-corrected chi connectivity index (χ1v) is 21.0. The van der Waals surface area contributed by atoms with Gasteiger partial charge in [-0.15, -0.1) is 0 Å². The van der Waals surface area contributed by atoms with Gasteiger partial charge >= 0.3 is 5.97 Å². The maximum atomic E-state index is 12.7. The van der Waals surface area contributed by atoms with Crippen molar-refractivity contribution >= 4 is 24.1 Å². The fourth-order valence-corrected chi connectivity index (χ4v) is 7.97. The van der Waals surface area contributed by atoms with E-state index in [0.29, 0.717) is 0 Å². The van der Waals surface area contributed by atoms with E-state index in [4.69, 9.17) is 37.9 Å². The van der Waals surface area contributed by atoms with Crippen LogP contribution in [-0.2, 0) is 57.1 Å². The maximum absolute atomic E-state index is 12.7. The molecule has 0 spiro atoms. The Morgan fingerprint density at radius 2 is 1.24 bits per heavy atom. The zero-order valence-electron chi connectivity index (χ0n) is 36.2. The summed E-state index contributed by atoms with van der Waals surface area (Å²) in [6, 6.07) is -3.41. The zero-order chi connectivity index (χ0) is 51.1. The third-order valence-electron chi connectivity index (χ3n) is 11.6. The fraction of sp³-hybridized carbons (Fsp3) is 0.892. The van der Waals surface area contributed by atoms with E-state index in [1.54, 1.807) is 0 Å². The Bertz CT molecular complexity index is 1640. The van der Waals surface area contributed by atoms with Crippen LogP contribution >= 0.6 is 0 Å². The van der Waals surface area contributed by atoms with Crippen molar-refractivity contribution in [3.05, 3.63) is 0 Å². The van der Waals surface area contributed by atoms with Crippen molar-refractivity contribution in [2.24, 2.45) is 0 Å². The Kier molecular flexibility index (Phi) is 21.2. The molecule has 4 saturated heterocycles. The Hall–Kier alpha value is -2.88. The highest BCUT2D eigenvalue weighted by molar-refractivity contribution is 5.76. The molecule has 0 aromatic carbocycles. The molecule has 4 aliphatic heterocycles. The summed E-state index contributed by atoms with van der Waals surface area (Å²) >= 11 is 0. The lowest BCUT2D eigenvalue weighted by molar-refractivity contribution is -0.375. The number of carbonyl (C=O) groups is 4. The number of amides is 2. The number of hydrogen-bond donors (Lipinski definition) is 19. The number of ether oxygens (including phenoxy) is 8. The Morgan fingerprint density at radius 1 is 0.676 bits per heavy atom. The first kappa shape index (κ1) is 57.7. The van der Waals surface area contributed by atoms with Gasteiger partial charge < -0.3 is 140 Å². The van der Waals surface area contributed by atoms with Crippen LogP contribution in [0, 0.1) is 0 Å². The molecule has 2 amide bonds. The first-order chi connectivity index (χ1) is 31.9. The molecular weight excluding hydrogens is 936 g/mol. The highest BCUT2D eigenvalue weighted by atomic mass is 16.8. The molecule has 68 heavy (non-hydrogen) atoms. The van der Waals surface area contributed by atoms with Crippen molar-refractivity contribution in [2.45, 2.75) is 173 Å². The van der Waals surface area contributed by atoms with Gasteiger partial charge in [-0.2, -0.15) is 0 Å². The molecule has 0 aromatic rings. The minimum Gasteiger partial charge on any atom is -0.477 e. The van der Waals surface area contributed by atoms with Crippen molar-refractivity contribution in [2.75, 3.05) is 33.0 Å². The summed E-state index contributed by atoms with van der Waals surface area (Å²) in [6.07, 6.45) is -46.3. The summed E-state index contributed by atoms with van der Waals surface area (Å²) in [5, 5.41) is 183. The van der Waals surface area contributed by atoms with Crippen molar-refractivity contribution < 1.29 is 144 Å². The molecule has 31 heteroatoms. The molecule has 19 N–H and O–H groups in total. The molecule has 7 unspecified atom stereocenters. The topological polar surface area (TPSA) is 510 Å². The lowest BCUT2D eigenvalue weighted by Crippen LogP contribution is -2.70. The number of aldehydes is 1. The molecule has 0 radical (unpaired) electrons. The Labute approximate surface area is 384 Å². The number of nitrogens with one attached hydrogen (secondary N) is 2. The van der Waals surface area contributed by atoms with Crippen LogP contribution in [0.15, 0.2) is 0 Å². The fourth-order valence-electron chi connectivity index (χ4n) is 7.97. The van der Waals surface area contributed by atoms with Crippen LogP contribution < -0.4 is 10.6 Å². The van der Waals surface area contributed by atoms with Gasteiger partial charge in [0, 0.05) is 20.3 Å². The summed E-state index contributed by atoms with van der Waals surface area (Å²) in [6.45, 7) is -3.48. The lowest BCUT2D eigenvalue weighted by atomic mass is 9.88. The van der Waals surface area contributed by atoms with Gasteiger partial charge in [0.1, 0.15) is 116 Å². The van der Waals surface area contributed by atoms with Crippen molar-refractivity contribution in [1.29, 1.82) is 0 Å². The number of aliphatic hydroxyl groups excluding tert-OH is 16. The second-order valence-electron chi connectivity index (χ2n) is 16.5. The largest absolute Gasteiger partial charge is 0.477 e. The molecule has 0 aromatic heterocycles. The van der Waals surface area contributed by atoms with Gasteiger partial charge in [0.25, 0.3) is 5.79 Å². The molecule has 4 aliphatic rings. The third kappa shape index (κ3) is 13.0. The smallest absolute Gasteiger partial charge is 0.364 e. The van der Waals surface area contributed by atoms with E-state index in [0.717, 1.165) is 13.8 Å². The number of carbonyl (C=O) groups excluding carboxylic acids is 3. The molecule has 0 bridgehead atoms. The van der Waals surface area contributed by atoms with Crippen LogP contribution in [0.4, 0.5) is 0 Å². The van der Waals surface area contributed by atoms with Crippen LogP contribution in [0.1, 0.15) is 20.3 Å². The zero-order valence-corrected chi connectivity index (χ0v) is 36.2. The van der Waals surface area contributed by atoms with E-state index in [2.05, 4.69) is 10.6 Å². The number of aliphatic carboxylic acids is 1. The van der Waals surface area contributed by atoms with Crippen LogP contribution in [-0.4, -0.2) is 297 Å². The number of rotatable bonds is 22. The first-order valence-electron chi connectivity index (χ1n) is 21.0. The predicted octanol–water partition coefficient (Wildman–Crippen LogP) is -12.6. The standard InChI is InChI=1S/C37H62N2O29/c1-10(45)38-19-12(47)3-37(36(59)60,68-31(19)22(52)14(49)5-41)61-9-18-23(53)26(56)27(57)34(64-18)66-30-17(8-44)63-33(20(25(30)55)39-11(2)46)67-32-24(54)16(7-43)62-35(28(32)58)65-29(15(50)6-42)21(51)13(48)4-40/h4,12-35,41-44,47-58H,3,5-9H2,1-2H3,(H,38,45)(H,39,46)(H,59,60)/t12-,13?,14?,15?,16+,17+,18?,19+,20+,21?,22?,23-,24-,25+,26-,27+,28+,29?,30+,31+,32-,33-,34-,35-,37+/m0/s1. The molecule has 394 valence electrons. The SMILES string of the molecule is CC(=O)N[C@@H]1[C@@H](O)C[C@](OCC2O[C@@H](O[C@H]3[C@H](O)[C@@H](NC(C)=O)[C@H](O[C@H]4[C@@H](O)[C@@H](CO)O[C@@H](OC(C(O)CO)C(O)C(O)C=O)[C@@H]4O)O[C@@H]3CO)[C@H](O)[C@@H](O)[C@H]2O)(C(=O)O)O[C@H]1C(O)C(O)CO. The van der Waals surface area contributed by atoms with E-state index in [1.165, 1.54) is 0 Å². The Morgan fingerprint density at radius 3 is 1.78 bits per heavy atom. The van der Waals surface area contributed by atoms with Crippen molar-refractivity contribution in [1.82, 2.24) is 10.6 Å². The second-order valence-corrected chi connectivity index (χ2v) is 16.5. The summed E-state index contributed by atoms with van der Waals surface area (Å²) in [4.78, 5) is 48.2.